The Bertz CT molecular complexity index is 2830. The summed E-state index contributed by atoms with van der Waals surface area (Å²) in [4.78, 5) is 5.44. The number of nitrogens with zero attached hydrogens (tertiary/aromatic N) is 3. The Morgan fingerprint density at radius 2 is 1.34 bits per heavy atom. The summed E-state index contributed by atoms with van der Waals surface area (Å²) in [5.74, 6) is 1.21. The summed E-state index contributed by atoms with van der Waals surface area (Å²) in [7, 11) is 0. The highest BCUT2D eigenvalue weighted by atomic mass is 15.1. The number of rotatable bonds is 6. The first-order chi connectivity index (χ1) is 27.8. The SMILES string of the molecule is C1=CC(c2cc(C3=CCCC=C3)nc(-n3c4ccccc4c4c(C5C=Cc6c(c7c(n6-c6cccc(-c8ccccc8)c6)CCC=C7)C5)cccc43)c2)=CCC1. The molecule has 3 nitrogen and oxygen atoms in total. The molecule has 0 spiro atoms. The lowest BCUT2D eigenvalue weighted by atomic mass is 9.83. The van der Waals surface area contributed by atoms with E-state index in [4.69, 9.17) is 4.98 Å². The van der Waals surface area contributed by atoms with Gasteiger partial charge < -0.3 is 4.57 Å². The molecule has 270 valence electrons. The summed E-state index contributed by atoms with van der Waals surface area (Å²) < 4.78 is 4.96. The van der Waals surface area contributed by atoms with Crippen LogP contribution in [0, 0.1) is 0 Å². The highest BCUT2D eigenvalue weighted by Crippen LogP contribution is 2.44. The molecule has 0 N–H and O–H groups in total. The van der Waals surface area contributed by atoms with Gasteiger partial charge in [-0.1, -0.05) is 127 Å². The number of benzene rings is 4. The summed E-state index contributed by atoms with van der Waals surface area (Å²) in [5, 5.41) is 2.60. The maximum Gasteiger partial charge on any atom is 0.138 e. The standard InChI is InChI=1S/C53H43N3/c1-4-16-36(17-5-1)39-22-14-23-42(32-39)55-48-27-12-10-24-44(48)46-33-40(30-31-50(46)55)43-26-15-29-51-53(43)45-25-11-13-28-49(45)56(51)52-35-41(37-18-6-2-7-19-37)34-47(54-52)38-20-8-3-9-21-38/h1,4-6,8,10-11,13-26,28-32,34-35,40H,2-3,7,9,12,27,33H2. The minimum atomic E-state index is 0.237. The third-order valence-electron chi connectivity index (χ3n) is 12.2. The van der Waals surface area contributed by atoms with E-state index in [9.17, 15) is 0 Å². The number of pyridine rings is 1. The van der Waals surface area contributed by atoms with Crippen LogP contribution in [0.2, 0.25) is 0 Å². The highest BCUT2D eigenvalue weighted by molar-refractivity contribution is 6.11. The van der Waals surface area contributed by atoms with Gasteiger partial charge in [-0.05, 0) is 132 Å². The topological polar surface area (TPSA) is 22.8 Å². The van der Waals surface area contributed by atoms with Gasteiger partial charge in [-0.25, -0.2) is 4.98 Å². The summed E-state index contributed by atoms with van der Waals surface area (Å²) in [6.07, 6.45) is 30.8. The molecule has 3 heterocycles. The summed E-state index contributed by atoms with van der Waals surface area (Å²) in [5.41, 5.74) is 17.9. The van der Waals surface area contributed by atoms with E-state index < -0.39 is 0 Å². The van der Waals surface area contributed by atoms with Crippen molar-refractivity contribution in [3.05, 3.63) is 197 Å². The van der Waals surface area contributed by atoms with E-state index in [2.05, 4.69) is 179 Å². The van der Waals surface area contributed by atoms with Crippen LogP contribution in [-0.4, -0.2) is 14.1 Å². The maximum absolute atomic E-state index is 5.44. The zero-order chi connectivity index (χ0) is 37.0. The Morgan fingerprint density at radius 1 is 0.571 bits per heavy atom. The number of allylic oxidation sites excluding steroid dienone is 10. The van der Waals surface area contributed by atoms with E-state index in [1.54, 1.807) is 0 Å². The molecule has 7 aromatic rings. The fourth-order valence-electron chi connectivity index (χ4n) is 9.60. The summed E-state index contributed by atoms with van der Waals surface area (Å²) in [6, 6.07) is 40.3. The van der Waals surface area contributed by atoms with E-state index in [1.807, 2.05) is 0 Å². The van der Waals surface area contributed by atoms with Crippen LogP contribution >= 0.6 is 0 Å². The zero-order valence-corrected chi connectivity index (χ0v) is 31.5. The average molecular weight is 722 g/mol. The van der Waals surface area contributed by atoms with Crippen molar-refractivity contribution in [2.45, 2.75) is 50.9 Å². The van der Waals surface area contributed by atoms with E-state index >= 15 is 0 Å². The van der Waals surface area contributed by atoms with Crippen LogP contribution in [0.3, 0.4) is 0 Å². The molecular weight excluding hydrogens is 679 g/mol. The molecule has 4 aliphatic carbocycles. The lowest BCUT2D eigenvalue weighted by Crippen LogP contribution is -2.08. The van der Waals surface area contributed by atoms with Crippen LogP contribution in [0.4, 0.5) is 0 Å². The van der Waals surface area contributed by atoms with Crippen molar-refractivity contribution < 1.29 is 0 Å². The highest BCUT2D eigenvalue weighted by Gasteiger charge is 2.29. The van der Waals surface area contributed by atoms with Crippen molar-refractivity contribution >= 4 is 45.1 Å². The molecule has 0 radical (unpaired) electrons. The first-order valence-electron chi connectivity index (χ1n) is 20.3. The predicted molar refractivity (Wildman–Crippen MR) is 235 cm³/mol. The van der Waals surface area contributed by atoms with Crippen molar-refractivity contribution in [3.8, 4) is 22.6 Å². The normalized spacial score (nSPS) is 17.2. The second kappa shape index (κ2) is 13.7. The lowest BCUT2D eigenvalue weighted by molar-refractivity contribution is 0.825. The van der Waals surface area contributed by atoms with Crippen molar-refractivity contribution in [3.63, 3.8) is 0 Å². The Morgan fingerprint density at radius 3 is 2.20 bits per heavy atom. The minimum absolute atomic E-state index is 0.237. The molecule has 0 aliphatic heterocycles. The van der Waals surface area contributed by atoms with Gasteiger partial charge in [0.2, 0.25) is 0 Å². The fraction of sp³-hybridized carbons (Fsp3) is 0.151. The molecule has 11 rings (SSSR count). The molecular formula is C53H43N3. The van der Waals surface area contributed by atoms with Crippen LogP contribution in [0.5, 0.6) is 0 Å². The van der Waals surface area contributed by atoms with Crippen LogP contribution in [0.25, 0.3) is 67.7 Å². The fourth-order valence-corrected chi connectivity index (χ4v) is 9.60. The third kappa shape index (κ3) is 5.53. The molecule has 0 amide bonds. The summed E-state index contributed by atoms with van der Waals surface area (Å²) in [6.45, 7) is 0. The van der Waals surface area contributed by atoms with Crippen LogP contribution in [0.15, 0.2) is 158 Å². The number of hydrogen-bond donors (Lipinski definition) is 0. The second-order valence-electron chi connectivity index (χ2n) is 15.6. The predicted octanol–water partition coefficient (Wildman–Crippen LogP) is 13.4. The van der Waals surface area contributed by atoms with E-state index in [0.717, 1.165) is 56.5 Å². The van der Waals surface area contributed by atoms with Gasteiger partial charge in [-0.3, -0.25) is 4.57 Å². The summed E-state index contributed by atoms with van der Waals surface area (Å²) >= 11 is 0. The van der Waals surface area contributed by atoms with Gasteiger partial charge in [0.1, 0.15) is 5.82 Å². The van der Waals surface area contributed by atoms with Crippen LogP contribution in [-0.2, 0) is 12.8 Å². The van der Waals surface area contributed by atoms with Crippen LogP contribution < -0.4 is 0 Å². The van der Waals surface area contributed by atoms with Gasteiger partial charge in [0.25, 0.3) is 0 Å². The van der Waals surface area contributed by atoms with Gasteiger partial charge in [0, 0.05) is 33.8 Å². The molecule has 0 saturated carbocycles. The Labute approximate surface area is 328 Å². The molecule has 0 saturated heterocycles. The molecule has 4 aromatic carbocycles. The smallest absolute Gasteiger partial charge is 0.138 e. The largest absolute Gasteiger partial charge is 0.313 e. The molecule has 56 heavy (non-hydrogen) atoms. The van der Waals surface area contributed by atoms with Crippen molar-refractivity contribution in [1.29, 1.82) is 0 Å². The van der Waals surface area contributed by atoms with E-state index in [1.165, 1.54) is 83.4 Å². The number of hydrogen-bond acceptors (Lipinski definition) is 1. The number of para-hydroxylation sites is 1. The molecule has 3 heteroatoms. The van der Waals surface area contributed by atoms with Gasteiger partial charge in [0.05, 0.1) is 16.7 Å². The first-order valence-corrected chi connectivity index (χ1v) is 20.3. The molecule has 1 atom stereocenters. The molecule has 1 unspecified atom stereocenters. The third-order valence-corrected chi connectivity index (χ3v) is 12.2. The second-order valence-corrected chi connectivity index (χ2v) is 15.6. The van der Waals surface area contributed by atoms with Gasteiger partial charge in [-0.15, -0.1) is 0 Å². The molecule has 0 fully saturated rings. The average Bonchev–Trinajstić information content (AvgIpc) is 3.80. The van der Waals surface area contributed by atoms with Gasteiger partial charge in [-0.2, -0.15) is 0 Å². The quantitative estimate of drug-likeness (QED) is 0.168. The van der Waals surface area contributed by atoms with E-state index in [0.29, 0.717) is 0 Å². The monoisotopic (exact) mass is 721 g/mol. The van der Waals surface area contributed by atoms with Gasteiger partial charge in [0.15, 0.2) is 0 Å². The van der Waals surface area contributed by atoms with Crippen molar-refractivity contribution in [2.75, 3.05) is 0 Å². The first kappa shape index (κ1) is 32.9. The van der Waals surface area contributed by atoms with Crippen LogP contribution in [0.1, 0.15) is 77.4 Å². The Kier molecular flexibility index (Phi) is 8.05. The molecule has 0 bridgehead atoms. The maximum atomic E-state index is 5.44. The molecule has 4 aliphatic rings. The van der Waals surface area contributed by atoms with E-state index in [-0.39, 0.29) is 5.92 Å². The zero-order valence-electron chi connectivity index (χ0n) is 31.5. The number of aromatic nitrogens is 3. The lowest BCUT2D eigenvalue weighted by Gasteiger charge is -2.21. The number of fused-ring (bicyclic) bond motifs is 6. The molecule has 3 aromatic heterocycles. The van der Waals surface area contributed by atoms with Crippen molar-refractivity contribution in [1.82, 2.24) is 14.1 Å². The minimum Gasteiger partial charge on any atom is -0.313 e. The van der Waals surface area contributed by atoms with Gasteiger partial charge >= 0.3 is 0 Å². The Hall–Kier alpha value is -6.45. The van der Waals surface area contributed by atoms with Crippen molar-refractivity contribution in [2.24, 2.45) is 0 Å². The Balaban J connectivity index is 1.05.